The molecule has 0 amide bonds. The van der Waals surface area contributed by atoms with Gasteiger partial charge in [-0.15, -0.1) is 24.8 Å². The first kappa shape index (κ1) is 19.1. The topological polar surface area (TPSA) is 29.3 Å². The van der Waals surface area contributed by atoms with Crippen molar-refractivity contribution < 1.29 is 0 Å². The molecule has 0 saturated heterocycles. The predicted molar refractivity (Wildman–Crippen MR) is 65.1 cm³/mol. The minimum atomic E-state index is 0. The number of hydrogen-bond acceptors (Lipinski definition) is 2. The highest BCUT2D eigenvalue weighted by molar-refractivity contribution is 5.85. The summed E-state index contributed by atoms with van der Waals surface area (Å²) in [5, 5.41) is 0. The third kappa shape index (κ3) is 15.3. The molecule has 0 fully saturated rings. The molecule has 0 bridgehead atoms. The van der Waals surface area contributed by atoms with Crippen LogP contribution in [0.3, 0.4) is 0 Å². The van der Waals surface area contributed by atoms with Gasteiger partial charge in [0.05, 0.1) is 0 Å². The predicted octanol–water partition coefficient (Wildman–Crippen LogP) is 2.16. The molecule has 0 heterocycles. The van der Waals surface area contributed by atoms with Gasteiger partial charge in [-0.25, -0.2) is 0 Å². The lowest BCUT2D eigenvalue weighted by molar-refractivity contribution is 0.288. The van der Waals surface area contributed by atoms with Crippen molar-refractivity contribution in [3.05, 3.63) is 0 Å². The van der Waals surface area contributed by atoms with Crippen molar-refractivity contribution in [3.63, 3.8) is 0 Å². The van der Waals surface area contributed by atoms with Crippen molar-refractivity contribution in [3.8, 4) is 0 Å². The summed E-state index contributed by atoms with van der Waals surface area (Å²) in [6.07, 6.45) is 1.09. The van der Waals surface area contributed by atoms with E-state index in [-0.39, 0.29) is 24.8 Å². The Labute approximate surface area is 95.1 Å². The molecule has 0 saturated carbocycles. The van der Waals surface area contributed by atoms with Gasteiger partial charge >= 0.3 is 0 Å². The lowest BCUT2D eigenvalue weighted by Crippen LogP contribution is -2.36. The molecule has 0 aliphatic heterocycles. The fourth-order valence-corrected chi connectivity index (χ4v) is 1.32. The van der Waals surface area contributed by atoms with Crippen molar-refractivity contribution in [2.45, 2.75) is 33.2 Å². The van der Waals surface area contributed by atoms with Gasteiger partial charge in [0.25, 0.3) is 0 Å². The van der Waals surface area contributed by atoms with Crippen LogP contribution in [0.2, 0.25) is 0 Å². The van der Waals surface area contributed by atoms with Crippen molar-refractivity contribution >= 4 is 24.8 Å². The lowest BCUT2D eigenvalue weighted by atomic mass is 9.88. The molecule has 2 nitrogen and oxygen atoms in total. The summed E-state index contributed by atoms with van der Waals surface area (Å²) in [5.41, 5.74) is 6.28. The first-order valence-corrected chi connectivity index (χ1v) is 4.21. The van der Waals surface area contributed by atoms with Gasteiger partial charge in [-0.2, -0.15) is 0 Å². The standard InChI is InChI=1S/C9H22N2.2ClH/c1-9(2,3)6-8(10)7-11(4)5;;/h8H,6-7,10H2,1-5H3;2*1H/t8-;;/m1../s1. The molecule has 13 heavy (non-hydrogen) atoms. The number of likely N-dealkylation sites (N-methyl/N-ethyl adjacent to an activating group) is 1. The van der Waals surface area contributed by atoms with E-state index in [2.05, 4.69) is 39.8 Å². The van der Waals surface area contributed by atoms with Crippen molar-refractivity contribution in [2.75, 3.05) is 20.6 Å². The second-order valence-electron chi connectivity index (χ2n) is 4.79. The Kier molecular flexibility index (Phi) is 11.6. The molecule has 0 aliphatic carbocycles. The van der Waals surface area contributed by atoms with Crippen LogP contribution in [-0.2, 0) is 0 Å². The van der Waals surface area contributed by atoms with Crippen molar-refractivity contribution in [2.24, 2.45) is 11.1 Å². The fraction of sp³-hybridized carbons (Fsp3) is 1.00. The highest BCUT2D eigenvalue weighted by Gasteiger charge is 2.15. The second kappa shape index (κ2) is 7.86. The molecule has 4 heteroatoms. The molecule has 0 aromatic heterocycles. The molecule has 0 unspecified atom stereocenters. The molecular weight excluding hydrogens is 207 g/mol. The zero-order valence-corrected chi connectivity index (χ0v) is 11.0. The van der Waals surface area contributed by atoms with Crippen LogP contribution in [0.25, 0.3) is 0 Å². The van der Waals surface area contributed by atoms with E-state index in [0.717, 1.165) is 13.0 Å². The van der Waals surface area contributed by atoms with Crippen LogP contribution in [0.1, 0.15) is 27.2 Å². The minimum Gasteiger partial charge on any atom is -0.327 e. The summed E-state index contributed by atoms with van der Waals surface area (Å²) in [7, 11) is 4.12. The van der Waals surface area contributed by atoms with Crippen LogP contribution < -0.4 is 5.73 Å². The SMILES string of the molecule is CN(C)C[C@H](N)CC(C)(C)C.Cl.Cl. The third-order valence-corrected chi connectivity index (χ3v) is 1.47. The molecule has 0 aromatic rings. The molecule has 1 atom stereocenters. The van der Waals surface area contributed by atoms with E-state index in [1.807, 2.05) is 0 Å². The molecule has 0 spiro atoms. The van der Waals surface area contributed by atoms with Crippen LogP contribution in [-0.4, -0.2) is 31.6 Å². The van der Waals surface area contributed by atoms with Crippen molar-refractivity contribution in [1.82, 2.24) is 4.90 Å². The van der Waals surface area contributed by atoms with Crippen LogP contribution >= 0.6 is 24.8 Å². The van der Waals surface area contributed by atoms with E-state index in [4.69, 9.17) is 5.73 Å². The Morgan fingerprint density at radius 2 is 1.54 bits per heavy atom. The van der Waals surface area contributed by atoms with Gasteiger partial charge in [0.2, 0.25) is 0 Å². The normalized spacial score (nSPS) is 13.2. The van der Waals surface area contributed by atoms with E-state index in [1.165, 1.54) is 0 Å². The number of nitrogens with zero attached hydrogens (tertiary/aromatic N) is 1. The van der Waals surface area contributed by atoms with E-state index in [9.17, 15) is 0 Å². The van der Waals surface area contributed by atoms with Gasteiger partial charge in [0, 0.05) is 12.6 Å². The van der Waals surface area contributed by atoms with Gasteiger partial charge in [-0.05, 0) is 25.9 Å². The largest absolute Gasteiger partial charge is 0.327 e. The zero-order chi connectivity index (χ0) is 9.07. The van der Waals surface area contributed by atoms with Crippen LogP contribution in [0.5, 0.6) is 0 Å². The summed E-state index contributed by atoms with van der Waals surface area (Å²) in [5.74, 6) is 0. The average molecular weight is 231 g/mol. The molecule has 84 valence electrons. The highest BCUT2D eigenvalue weighted by atomic mass is 35.5. The Bertz CT molecular complexity index is 111. The first-order valence-electron chi connectivity index (χ1n) is 4.21. The monoisotopic (exact) mass is 230 g/mol. The van der Waals surface area contributed by atoms with Gasteiger partial charge in [-0.3, -0.25) is 0 Å². The second-order valence-corrected chi connectivity index (χ2v) is 4.79. The smallest absolute Gasteiger partial charge is 0.0172 e. The molecule has 0 rings (SSSR count). The molecule has 2 N–H and O–H groups in total. The minimum absolute atomic E-state index is 0. The van der Waals surface area contributed by atoms with Gasteiger partial charge < -0.3 is 10.6 Å². The Hall–Kier alpha value is 0.500. The number of halogens is 2. The Morgan fingerprint density at radius 3 is 1.77 bits per heavy atom. The van der Waals surface area contributed by atoms with Gasteiger partial charge in [0.1, 0.15) is 0 Å². The molecule has 0 aliphatic rings. The Balaban J connectivity index is -0.000000500. The maximum Gasteiger partial charge on any atom is 0.0172 e. The van der Waals surface area contributed by atoms with Gasteiger partial charge in [0.15, 0.2) is 0 Å². The molecule has 0 aromatic carbocycles. The Morgan fingerprint density at radius 1 is 1.15 bits per heavy atom. The molecular formula is C9H24Cl2N2. The highest BCUT2D eigenvalue weighted by Crippen LogP contribution is 2.19. The number of hydrogen-bond donors (Lipinski definition) is 1. The quantitative estimate of drug-likeness (QED) is 0.806. The summed E-state index contributed by atoms with van der Waals surface area (Å²) in [6.45, 7) is 7.66. The van der Waals surface area contributed by atoms with E-state index in [0.29, 0.717) is 11.5 Å². The average Bonchev–Trinajstić information content (AvgIpc) is 1.53. The van der Waals surface area contributed by atoms with Crippen LogP contribution in [0, 0.1) is 5.41 Å². The fourth-order valence-electron chi connectivity index (χ4n) is 1.32. The third-order valence-electron chi connectivity index (χ3n) is 1.47. The van der Waals surface area contributed by atoms with Gasteiger partial charge in [-0.1, -0.05) is 20.8 Å². The van der Waals surface area contributed by atoms with E-state index in [1.54, 1.807) is 0 Å². The van der Waals surface area contributed by atoms with E-state index >= 15 is 0 Å². The summed E-state index contributed by atoms with van der Waals surface area (Å²) < 4.78 is 0. The zero-order valence-electron chi connectivity index (χ0n) is 9.33. The summed E-state index contributed by atoms with van der Waals surface area (Å²) in [4.78, 5) is 2.14. The summed E-state index contributed by atoms with van der Waals surface area (Å²) >= 11 is 0. The number of rotatable bonds is 3. The van der Waals surface area contributed by atoms with E-state index < -0.39 is 0 Å². The van der Waals surface area contributed by atoms with Crippen molar-refractivity contribution in [1.29, 1.82) is 0 Å². The molecule has 0 radical (unpaired) electrons. The summed E-state index contributed by atoms with van der Waals surface area (Å²) in [6, 6.07) is 0.310. The maximum atomic E-state index is 5.92. The maximum absolute atomic E-state index is 5.92. The van der Waals surface area contributed by atoms with Crippen LogP contribution in [0.4, 0.5) is 0 Å². The number of nitrogens with two attached hydrogens (primary N) is 1. The first-order chi connectivity index (χ1) is 4.81. The van der Waals surface area contributed by atoms with Crippen LogP contribution in [0.15, 0.2) is 0 Å². The lowest BCUT2D eigenvalue weighted by Gasteiger charge is -2.25.